The Morgan fingerprint density at radius 2 is 2.21 bits per heavy atom. The molecule has 1 aliphatic rings. The summed E-state index contributed by atoms with van der Waals surface area (Å²) >= 11 is 0. The standard InChI is InChI=1S/C14H20N2O3/c1-18-14(17)16(19-2)13-8-4-3-6-11(13)10-12-7-5-9-15-12/h3-4,6,8,12,15H,5,7,9-10H2,1-2H3. The van der Waals surface area contributed by atoms with Gasteiger partial charge in [-0.05, 0) is 37.4 Å². The second kappa shape index (κ2) is 6.54. The molecule has 1 aromatic carbocycles. The first-order valence-electron chi connectivity index (χ1n) is 6.49. The molecule has 5 nitrogen and oxygen atoms in total. The molecule has 5 heteroatoms. The van der Waals surface area contributed by atoms with Crippen LogP contribution in [0.2, 0.25) is 0 Å². The molecule has 104 valence electrons. The highest BCUT2D eigenvalue weighted by Gasteiger charge is 2.22. The third kappa shape index (κ3) is 3.24. The molecule has 0 radical (unpaired) electrons. The summed E-state index contributed by atoms with van der Waals surface area (Å²) in [5.74, 6) is 0. The van der Waals surface area contributed by atoms with Crippen LogP contribution in [0.5, 0.6) is 0 Å². The molecule has 0 aliphatic carbocycles. The Kier molecular flexibility index (Phi) is 4.76. The van der Waals surface area contributed by atoms with Gasteiger partial charge in [-0.1, -0.05) is 18.2 Å². The van der Waals surface area contributed by atoms with Gasteiger partial charge in [0.2, 0.25) is 0 Å². The van der Waals surface area contributed by atoms with Crippen molar-refractivity contribution >= 4 is 11.8 Å². The molecule has 1 N–H and O–H groups in total. The molecule has 1 aromatic rings. The Balaban J connectivity index is 2.20. The van der Waals surface area contributed by atoms with Crippen LogP contribution in [0.1, 0.15) is 18.4 Å². The van der Waals surface area contributed by atoms with E-state index in [2.05, 4.69) is 5.32 Å². The van der Waals surface area contributed by atoms with Gasteiger partial charge in [-0.3, -0.25) is 4.84 Å². The molecule has 19 heavy (non-hydrogen) atoms. The number of nitrogens with zero attached hydrogens (tertiary/aromatic N) is 1. The molecule has 1 aliphatic heterocycles. The van der Waals surface area contributed by atoms with Crippen molar-refractivity contribution in [1.82, 2.24) is 5.32 Å². The van der Waals surface area contributed by atoms with Crippen molar-refractivity contribution in [2.24, 2.45) is 0 Å². The van der Waals surface area contributed by atoms with Crippen molar-refractivity contribution < 1.29 is 14.4 Å². The van der Waals surface area contributed by atoms with E-state index in [0.29, 0.717) is 6.04 Å². The molecule has 1 saturated heterocycles. The number of methoxy groups -OCH3 is 1. The van der Waals surface area contributed by atoms with Gasteiger partial charge in [0.1, 0.15) is 0 Å². The van der Waals surface area contributed by atoms with Crippen LogP contribution in [-0.4, -0.2) is 32.9 Å². The van der Waals surface area contributed by atoms with Gasteiger partial charge in [-0.2, -0.15) is 5.06 Å². The highest BCUT2D eigenvalue weighted by Crippen LogP contribution is 2.24. The van der Waals surface area contributed by atoms with Gasteiger partial charge in [0.25, 0.3) is 0 Å². The number of amides is 1. The zero-order chi connectivity index (χ0) is 13.7. The first kappa shape index (κ1) is 13.8. The molecule has 0 spiro atoms. The van der Waals surface area contributed by atoms with Crippen LogP contribution >= 0.6 is 0 Å². The SMILES string of the molecule is COC(=O)N(OC)c1ccccc1CC1CCCN1. The van der Waals surface area contributed by atoms with Gasteiger partial charge in [-0.25, -0.2) is 4.79 Å². The van der Waals surface area contributed by atoms with Gasteiger partial charge in [0.05, 0.1) is 19.9 Å². The largest absolute Gasteiger partial charge is 0.451 e. The zero-order valence-electron chi connectivity index (χ0n) is 11.4. The number of hydroxylamine groups is 1. The summed E-state index contributed by atoms with van der Waals surface area (Å²) in [5.41, 5.74) is 1.82. The Labute approximate surface area is 113 Å². The van der Waals surface area contributed by atoms with E-state index in [1.165, 1.54) is 32.1 Å². The van der Waals surface area contributed by atoms with Crippen LogP contribution in [0.4, 0.5) is 10.5 Å². The zero-order valence-corrected chi connectivity index (χ0v) is 11.4. The molecular weight excluding hydrogens is 244 g/mol. The van der Waals surface area contributed by atoms with Crippen molar-refractivity contribution in [3.8, 4) is 0 Å². The topological polar surface area (TPSA) is 50.8 Å². The van der Waals surface area contributed by atoms with E-state index in [4.69, 9.17) is 9.57 Å². The van der Waals surface area contributed by atoms with Crippen molar-refractivity contribution in [2.45, 2.75) is 25.3 Å². The van der Waals surface area contributed by atoms with Gasteiger partial charge >= 0.3 is 6.09 Å². The fourth-order valence-corrected chi connectivity index (χ4v) is 2.43. The lowest BCUT2D eigenvalue weighted by atomic mass is 10.0. The van der Waals surface area contributed by atoms with E-state index in [1.54, 1.807) is 0 Å². The molecule has 1 fully saturated rings. The molecule has 0 aromatic heterocycles. The number of ether oxygens (including phenoxy) is 1. The summed E-state index contributed by atoms with van der Waals surface area (Å²) in [4.78, 5) is 16.8. The third-order valence-corrected chi connectivity index (χ3v) is 3.36. The number of carbonyl (C=O) groups is 1. The molecule has 0 saturated carbocycles. The maximum atomic E-state index is 11.7. The maximum absolute atomic E-state index is 11.7. The monoisotopic (exact) mass is 264 g/mol. The van der Waals surface area contributed by atoms with Crippen LogP contribution in [0.25, 0.3) is 0 Å². The summed E-state index contributed by atoms with van der Waals surface area (Å²) < 4.78 is 4.73. The number of para-hydroxylation sites is 1. The maximum Gasteiger partial charge on any atom is 0.438 e. The average Bonchev–Trinajstić information content (AvgIpc) is 2.94. The van der Waals surface area contributed by atoms with Crippen LogP contribution in [0.15, 0.2) is 24.3 Å². The van der Waals surface area contributed by atoms with Crippen molar-refractivity contribution in [3.05, 3.63) is 29.8 Å². The number of anilines is 1. The molecule has 1 heterocycles. The number of benzene rings is 1. The predicted octanol–water partition coefficient (Wildman–Crippen LogP) is 2.12. The highest BCUT2D eigenvalue weighted by molar-refractivity contribution is 5.86. The van der Waals surface area contributed by atoms with Gasteiger partial charge in [-0.15, -0.1) is 0 Å². The molecule has 1 atom stereocenters. The normalized spacial score (nSPS) is 18.3. The third-order valence-electron chi connectivity index (χ3n) is 3.36. The number of nitrogens with one attached hydrogen (secondary N) is 1. The second-order valence-electron chi connectivity index (χ2n) is 4.57. The Hall–Kier alpha value is -1.59. The lowest BCUT2D eigenvalue weighted by molar-refractivity contribution is 0.115. The van der Waals surface area contributed by atoms with Crippen LogP contribution < -0.4 is 10.4 Å². The number of carbonyl (C=O) groups excluding carboxylic acids is 1. The first-order chi connectivity index (χ1) is 9.26. The van der Waals surface area contributed by atoms with Gasteiger partial charge in [0.15, 0.2) is 0 Å². The summed E-state index contributed by atoms with van der Waals surface area (Å²) in [7, 11) is 2.80. The lowest BCUT2D eigenvalue weighted by Crippen LogP contribution is -2.31. The quantitative estimate of drug-likeness (QED) is 0.846. The summed E-state index contributed by atoms with van der Waals surface area (Å²) in [6, 6.07) is 8.21. The minimum absolute atomic E-state index is 0.470. The molecule has 1 unspecified atom stereocenters. The van der Waals surface area contributed by atoms with E-state index in [9.17, 15) is 4.79 Å². The van der Waals surface area contributed by atoms with E-state index in [-0.39, 0.29) is 0 Å². The summed E-state index contributed by atoms with van der Waals surface area (Å²) in [6.45, 7) is 1.07. The molecule has 2 rings (SSSR count). The number of hydrogen-bond acceptors (Lipinski definition) is 4. The van der Waals surface area contributed by atoms with Gasteiger partial charge < -0.3 is 10.1 Å². The molecule has 0 bridgehead atoms. The summed E-state index contributed by atoms with van der Waals surface area (Å²) in [5, 5.41) is 4.64. The molecular formula is C14H20N2O3. The van der Waals surface area contributed by atoms with E-state index in [1.807, 2.05) is 24.3 Å². The van der Waals surface area contributed by atoms with Crippen molar-refractivity contribution in [2.75, 3.05) is 25.8 Å². The van der Waals surface area contributed by atoms with Gasteiger partial charge in [0, 0.05) is 6.04 Å². The Morgan fingerprint density at radius 3 is 2.84 bits per heavy atom. The van der Waals surface area contributed by atoms with E-state index < -0.39 is 6.09 Å². The summed E-state index contributed by atoms with van der Waals surface area (Å²) in [6.07, 6.45) is 2.74. The van der Waals surface area contributed by atoms with Crippen molar-refractivity contribution in [3.63, 3.8) is 0 Å². The average molecular weight is 264 g/mol. The smallest absolute Gasteiger partial charge is 0.438 e. The number of hydrogen-bond donors (Lipinski definition) is 1. The van der Waals surface area contributed by atoms with Crippen LogP contribution in [0, 0.1) is 0 Å². The Morgan fingerprint density at radius 1 is 1.42 bits per heavy atom. The lowest BCUT2D eigenvalue weighted by Gasteiger charge is -2.22. The van der Waals surface area contributed by atoms with E-state index in [0.717, 1.165) is 24.2 Å². The minimum atomic E-state index is -0.519. The first-order valence-corrected chi connectivity index (χ1v) is 6.49. The fourth-order valence-electron chi connectivity index (χ4n) is 2.43. The number of rotatable bonds is 4. The predicted molar refractivity (Wildman–Crippen MR) is 73.1 cm³/mol. The minimum Gasteiger partial charge on any atom is -0.451 e. The molecule has 1 amide bonds. The fraction of sp³-hybridized carbons (Fsp3) is 0.500. The second-order valence-corrected chi connectivity index (χ2v) is 4.57. The van der Waals surface area contributed by atoms with Crippen LogP contribution in [0.3, 0.4) is 0 Å². The van der Waals surface area contributed by atoms with Crippen LogP contribution in [-0.2, 0) is 16.0 Å². The highest BCUT2D eigenvalue weighted by atomic mass is 16.7. The van der Waals surface area contributed by atoms with Crippen molar-refractivity contribution in [1.29, 1.82) is 0 Å². The van der Waals surface area contributed by atoms with E-state index >= 15 is 0 Å². The Bertz CT molecular complexity index is 430.